The molecule has 0 N–H and O–H groups in total. The first kappa shape index (κ1) is 24.6. The van der Waals surface area contributed by atoms with E-state index in [1.54, 1.807) is 24.3 Å². The molecule has 1 aromatic carbocycles. The Balaban J connectivity index is 1.47. The molecule has 1 aromatic heterocycles. The molecule has 176 valence electrons. The molecular formula is C27H38F2N2O. The van der Waals surface area contributed by atoms with Crippen LogP contribution >= 0.6 is 0 Å². The van der Waals surface area contributed by atoms with E-state index < -0.39 is 11.6 Å². The van der Waals surface area contributed by atoms with Gasteiger partial charge in [-0.3, -0.25) is 0 Å². The van der Waals surface area contributed by atoms with E-state index in [0.29, 0.717) is 36.1 Å². The molecule has 0 unspecified atom stereocenters. The second kappa shape index (κ2) is 12.9. The molecular weight excluding hydrogens is 406 g/mol. The van der Waals surface area contributed by atoms with Crippen LogP contribution in [0.3, 0.4) is 0 Å². The first-order chi connectivity index (χ1) is 15.6. The van der Waals surface area contributed by atoms with Gasteiger partial charge in [-0.05, 0) is 49.3 Å². The van der Waals surface area contributed by atoms with Gasteiger partial charge in [-0.25, -0.2) is 8.78 Å². The van der Waals surface area contributed by atoms with Gasteiger partial charge < -0.3 is 4.74 Å². The van der Waals surface area contributed by atoms with Crippen LogP contribution in [0, 0.1) is 23.5 Å². The molecule has 0 radical (unpaired) electrons. The molecule has 1 saturated carbocycles. The fourth-order valence-corrected chi connectivity index (χ4v) is 4.87. The average Bonchev–Trinajstić information content (AvgIpc) is 2.82. The van der Waals surface area contributed by atoms with Crippen molar-refractivity contribution in [1.29, 1.82) is 0 Å². The van der Waals surface area contributed by atoms with Gasteiger partial charge in [0, 0.05) is 11.6 Å². The summed E-state index contributed by atoms with van der Waals surface area (Å²) in [6.45, 7) is 4.59. The quantitative estimate of drug-likeness (QED) is 0.312. The van der Waals surface area contributed by atoms with E-state index in [1.165, 1.54) is 64.2 Å². The van der Waals surface area contributed by atoms with Gasteiger partial charge in [-0.1, -0.05) is 77.2 Å². The summed E-state index contributed by atoms with van der Waals surface area (Å²) in [5.41, 5.74) is 0.911. The number of hydrogen-bond donors (Lipinski definition) is 0. The Morgan fingerprint density at radius 3 is 2.19 bits per heavy atom. The van der Waals surface area contributed by atoms with E-state index >= 15 is 0 Å². The molecule has 0 saturated heterocycles. The van der Waals surface area contributed by atoms with Gasteiger partial charge in [0.05, 0.1) is 12.3 Å². The van der Waals surface area contributed by atoms with Crippen LogP contribution in [0.15, 0.2) is 24.3 Å². The van der Waals surface area contributed by atoms with Crippen LogP contribution in [0.2, 0.25) is 0 Å². The van der Waals surface area contributed by atoms with Crippen LogP contribution in [-0.4, -0.2) is 16.8 Å². The lowest BCUT2D eigenvalue weighted by molar-refractivity contribution is 0.248. The van der Waals surface area contributed by atoms with Crippen molar-refractivity contribution in [2.45, 2.75) is 90.9 Å². The maximum Gasteiger partial charge on any atom is 0.233 e. The minimum absolute atomic E-state index is 0.140. The van der Waals surface area contributed by atoms with Crippen molar-refractivity contribution in [3.8, 4) is 17.1 Å². The van der Waals surface area contributed by atoms with Gasteiger partial charge in [-0.2, -0.15) is 0 Å². The third kappa shape index (κ3) is 6.98. The van der Waals surface area contributed by atoms with Crippen molar-refractivity contribution in [3.05, 3.63) is 41.5 Å². The lowest BCUT2D eigenvalue weighted by atomic mass is 9.77. The molecule has 1 fully saturated rings. The predicted octanol–water partition coefficient (Wildman–Crippen LogP) is 7.92. The number of halogens is 2. The van der Waals surface area contributed by atoms with Gasteiger partial charge in [0.1, 0.15) is 0 Å². The largest absolute Gasteiger partial charge is 0.477 e. The molecule has 1 heterocycles. The molecule has 3 rings (SSSR count). The highest BCUT2D eigenvalue weighted by Crippen LogP contribution is 2.35. The summed E-state index contributed by atoms with van der Waals surface area (Å²) in [7, 11) is 0. The van der Waals surface area contributed by atoms with Gasteiger partial charge in [-0.15, -0.1) is 10.2 Å². The SMILES string of the molecule is CCCCCCCC1CCC(CCc2ccc(-c3ccc(OCC)nn3)c(F)c2F)CC1. The Morgan fingerprint density at radius 2 is 1.53 bits per heavy atom. The highest BCUT2D eigenvalue weighted by Gasteiger charge is 2.22. The number of rotatable bonds is 12. The molecule has 0 spiro atoms. The maximum atomic E-state index is 14.7. The van der Waals surface area contributed by atoms with Gasteiger partial charge in [0.2, 0.25) is 5.88 Å². The summed E-state index contributed by atoms with van der Waals surface area (Å²) in [6, 6.07) is 6.55. The first-order valence-electron chi connectivity index (χ1n) is 12.6. The lowest BCUT2D eigenvalue weighted by Crippen LogP contribution is -2.15. The molecule has 2 aromatic rings. The summed E-state index contributed by atoms with van der Waals surface area (Å²) in [5, 5.41) is 7.89. The van der Waals surface area contributed by atoms with Gasteiger partial charge in [0.25, 0.3) is 0 Å². The smallest absolute Gasteiger partial charge is 0.233 e. The molecule has 1 aliphatic rings. The van der Waals surface area contributed by atoms with Crippen molar-refractivity contribution < 1.29 is 13.5 Å². The van der Waals surface area contributed by atoms with E-state index in [9.17, 15) is 8.78 Å². The summed E-state index contributed by atoms with van der Waals surface area (Å²) >= 11 is 0. The second-order valence-electron chi connectivity index (χ2n) is 9.22. The Kier molecular flexibility index (Phi) is 9.89. The molecule has 3 nitrogen and oxygen atoms in total. The van der Waals surface area contributed by atoms with Crippen LogP contribution in [0.4, 0.5) is 8.78 Å². The maximum absolute atomic E-state index is 14.7. The monoisotopic (exact) mass is 444 g/mol. The number of benzene rings is 1. The number of aromatic nitrogens is 2. The van der Waals surface area contributed by atoms with E-state index in [-0.39, 0.29) is 5.56 Å². The molecule has 32 heavy (non-hydrogen) atoms. The summed E-state index contributed by atoms with van der Waals surface area (Å²) in [5.74, 6) is 0.286. The Labute approximate surface area is 192 Å². The summed E-state index contributed by atoms with van der Waals surface area (Å²) < 4.78 is 34.7. The van der Waals surface area contributed by atoms with Crippen LogP contribution in [-0.2, 0) is 6.42 Å². The third-order valence-corrected chi connectivity index (χ3v) is 6.87. The third-order valence-electron chi connectivity index (χ3n) is 6.87. The molecule has 0 aliphatic heterocycles. The zero-order chi connectivity index (χ0) is 22.8. The molecule has 0 bridgehead atoms. The van der Waals surface area contributed by atoms with E-state index in [0.717, 1.165) is 12.3 Å². The second-order valence-corrected chi connectivity index (χ2v) is 9.22. The average molecular weight is 445 g/mol. The molecule has 0 atom stereocenters. The van der Waals surface area contributed by atoms with Crippen LogP contribution in [0.5, 0.6) is 5.88 Å². The fourth-order valence-electron chi connectivity index (χ4n) is 4.87. The van der Waals surface area contributed by atoms with Crippen molar-refractivity contribution in [2.75, 3.05) is 6.61 Å². The Bertz CT molecular complexity index is 817. The molecule has 0 amide bonds. The van der Waals surface area contributed by atoms with E-state index in [1.807, 2.05) is 6.92 Å². The number of nitrogens with zero attached hydrogens (tertiary/aromatic N) is 2. The number of ether oxygens (including phenoxy) is 1. The molecule has 5 heteroatoms. The van der Waals surface area contributed by atoms with Crippen LogP contribution in [0.25, 0.3) is 11.3 Å². The highest BCUT2D eigenvalue weighted by atomic mass is 19.2. The zero-order valence-corrected chi connectivity index (χ0v) is 19.7. The normalized spacial score (nSPS) is 18.6. The highest BCUT2D eigenvalue weighted by molar-refractivity contribution is 5.60. The van der Waals surface area contributed by atoms with E-state index in [2.05, 4.69) is 17.1 Å². The summed E-state index contributed by atoms with van der Waals surface area (Å²) in [6.07, 6.45) is 14.7. The predicted molar refractivity (Wildman–Crippen MR) is 126 cm³/mol. The first-order valence-corrected chi connectivity index (χ1v) is 12.6. The standard InChI is InChI=1S/C27H38F2N2O/c1-3-5-6-7-8-9-20-10-12-21(13-11-20)14-15-22-16-17-23(27(29)26(22)28)24-18-19-25(31-30-24)32-4-2/h16-21H,3-15H2,1-2H3. The zero-order valence-electron chi connectivity index (χ0n) is 19.7. The Hall–Kier alpha value is -2.04. The minimum atomic E-state index is -0.840. The van der Waals surface area contributed by atoms with Gasteiger partial charge >= 0.3 is 0 Å². The van der Waals surface area contributed by atoms with Crippen LogP contribution in [0.1, 0.15) is 90.0 Å². The van der Waals surface area contributed by atoms with Gasteiger partial charge in [0.15, 0.2) is 11.6 Å². The van der Waals surface area contributed by atoms with Crippen molar-refractivity contribution in [3.63, 3.8) is 0 Å². The number of aryl methyl sites for hydroxylation is 1. The topological polar surface area (TPSA) is 35.0 Å². The van der Waals surface area contributed by atoms with Crippen molar-refractivity contribution >= 4 is 0 Å². The Morgan fingerprint density at radius 1 is 0.812 bits per heavy atom. The van der Waals surface area contributed by atoms with Crippen LogP contribution < -0.4 is 4.74 Å². The van der Waals surface area contributed by atoms with Crippen molar-refractivity contribution in [1.82, 2.24) is 10.2 Å². The molecule has 1 aliphatic carbocycles. The van der Waals surface area contributed by atoms with E-state index in [4.69, 9.17) is 4.74 Å². The number of unbranched alkanes of at least 4 members (excludes halogenated alkanes) is 4. The lowest BCUT2D eigenvalue weighted by Gasteiger charge is -2.28. The van der Waals surface area contributed by atoms with Crippen molar-refractivity contribution in [2.24, 2.45) is 11.8 Å². The fraction of sp³-hybridized carbons (Fsp3) is 0.630. The number of hydrogen-bond acceptors (Lipinski definition) is 3. The minimum Gasteiger partial charge on any atom is -0.477 e. The summed E-state index contributed by atoms with van der Waals surface area (Å²) in [4.78, 5) is 0.